The highest BCUT2D eigenvalue weighted by Gasteiger charge is 2.61. The lowest BCUT2D eigenvalue weighted by Crippen LogP contribution is -2.54. The summed E-state index contributed by atoms with van der Waals surface area (Å²) in [5.41, 5.74) is 28.2. The van der Waals surface area contributed by atoms with E-state index in [0.717, 1.165) is 58.0 Å². The average molecular weight is 1620 g/mol. The third kappa shape index (κ3) is 14.2. The third-order valence-electron chi connectivity index (χ3n) is 22.2. The molecule has 0 radical (unpaired) electrons. The Morgan fingerprint density at radius 2 is 0.948 bits per heavy atom. The van der Waals surface area contributed by atoms with E-state index in [1.165, 1.54) is 72.7 Å². The zero-order chi connectivity index (χ0) is 80.8. The number of nitrogens with zero attached hydrogens (tertiary/aromatic N) is 16. The number of likely N-dealkylation sites (tertiary alicyclic amines) is 2. The predicted molar refractivity (Wildman–Crippen MR) is 439 cm³/mol. The van der Waals surface area contributed by atoms with Gasteiger partial charge in [-0.1, -0.05) is 30.2 Å². The highest BCUT2D eigenvalue weighted by molar-refractivity contribution is 7.15. The summed E-state index contributed by atoms with van der Waals surface area (Å²) >= 11 is 6.17. The maximum absolute atomic E-state index is 13.5. The lowest BCUT2D eigenvalue weighted by molar-refractivity contribution is -0.133. The van der Waals surface area contributed by atoms with Crippen molar-refractivity contribution in [3.05, 3.63) is 252 Å². The van der Waals surface area contributed by atoms with Crippen LogP contribution >= 0.6 is 45.3 Å². The molecule has 6 amide bonds. The number of anilines is 2. The molecule has 115 heavy (non-hydrogen) atoms. The molecule has 8 N–H and O–H groups in total. The molecule has 7 aromatic heterocycles. The molecule has 4 fully saturated rings. The number of pyridine rings is 3. The Labute approximate surface area is 676 Å². The van der Waals surface area contributed by atoms with Crippen LogP contribution in [0, 0.1) is 58.5 Å². The number of benzene rings is 3. The number of hydrogen-bond donors (Lipinski definition) is 4. The van der Waals surface area contributed by atoms with Crippen LogP contribution in [0.15, 0.2) is 219 Å². The summed E-state index contributed by atoms with van der Waals surface area (Å²) in [4.78, 5) is 127. The van der Waals surface area contributed by atoms with E-state index in [2.05, 4.69) is 64.1 Å². The second-order valence-electron chi connectivity index (χ2n) is 28.8. The van der Waals surface area contributed by atoms with Crippen molar-refractivity contribution in [3.63, 3.8) is 0 Å². The van der Waals surface area contributed by atoms with E-state index in [1.54, 1.807) is 153 Å². The lowest BCUT2D eigenvalue weighted by atomic mass is 9.83. The Bertz CT molecular complexity index is 5530. The van der Waals surface area contributed by atoms with Gasteiger partial charge in [-0.05, 0) is 156 Å². The zero-order valence-electron chi connectivity index (χ0n) is 62.8. The van der Waals surface area contributed by atoms with E-state index >= 15 is 0 Å². The highest BCUT2D eigenvalue weighted by Crippen LogP contribution is 2.52. The monoisotopic (exact) mass is 1610 g/mol. The van der Waals surface area contributed by atoms with Crippen LogP contribution < -0.4 is 32.7 Å². The molecule has 3 aromatic carbocycles. The number of nitriles is 1. The Balaban J connectivity index is 0.000000122. The van der Waals surface area contributed by atoms with Crippen molar-refractivity contribution in [3.8, 4) is 39.5 Å². The summed E-state index contributed by atoms with van der Waals surface area (Å²) in [6.45, 7) is 4.95. The second-order valence-corrected chi connectivity index (χ2v) is 32.7. The molecule has 0 spiro atoms. The van der Waals surface area contributed by atoms with Gasteiger partial charge in [0.05, 0.1) is 54.0 Å². The first-order chi connectivity index (χ1) is 55.4. The summed E-state index contributed by atoms with van der Waals surface area (Å²) in [6, 6.07) is 44.8. The molecule has 0 aliphatic carbocycles. The SMILES string of the molecule is CC#Cc1cncc(-c2csc([C@]34CN(c5ccc(F)cc5)CC3C(=O)N(C)C(N)=N4)c2)c1.CN1C(=O)C2CN(C(=O)c3cccnc3)CC2(c2cccs2)N=C1N.CN1C(=O)C2CN(C(=O)c3ccncc3)CC2(c2cccs2)N=C1N.CN1C(=O)[C@@H]2CN(c3ccc(F)cc3)C[C@]2(c2ccc(-c3cccc(C#N)c3)s2)N=C1N. The van der Waals surface area contributed by atoms with Crippen molar-refractivity contribution in [1.82, 2.24) is 44.4 Å². The van der Waals surface area contributed by atoms with Crippen LogP contribution in [0.4, 0.5) is 20.2 Å². The zero-order valence-corrected chi connectivity index (χ0v) is 66.1. The van der Waals surface area contributed by atoms with Gasteiger partial charge in [0.15, 0.2) is 23.8 Å². The van der Waals surface area contributed by atoms with E-state index in [0.29, 0.717) is 69.0 Å². The molecular formula is C83H76F2N20O6S4. The minimum absolute atomic E-state index is 0.0658. The molecule has 18 rings (SSSR count). The van der Waals surface area contributed by atoms with E-state index in [1.807, 2.05) is 71.4 Å². The number of amides is 6. The fourth-order valence-electron chi connectivity index (χ4n) is 16.1. The van der Waals surface area contributed by atoms with Gasteiger partial charge in [-0.25, -0.2) is 28.8 Å². The Morgan fingerprint density at radius 3 is 1.43 bits per heavy atom. The molecule has 5 unspecified atom stereocenters. The van der Waals surface area contributed by atoms with Gasteiger partial charge in [-0.2, -0.15) is 5.26 Å². The maximum atomic E-state index is 13.5. The van der Waals surface area contributed by atoms with Crippen LogP contribution in [0.5, 0.6) is 0 Å². The van der Waals surface area contributed by atoms with Crippen molar-refractivity contribution >= 4 is 116 Å². The highest BCUT2D eigenvalue weighted by atomic mass is 32.1. The lowest BCUT2D eigenvalue weighted by Gasteiger charge is -2.36. The molecule has 26 nitrogen and oxygen atoms in total. The summed E-state index contributed by atoms with van der Waals surface area (Å²) in [7, 11) is 6.52. The van der Waals surface area contributed by atoms with Crippen molar-refractivity contribution in [2.24, 2.45) is 66.6 Å². The van der Waals surface area contributed by atoms with Crippen LogP contribution in [-0.2, 0) is 41.3 Å². The summed E-state index contributed by atoms with van der Waals surface area (Å²) in [6.07, 6.45) is 9.87. The number of rotatable bonds is 10. The number of carbonyl (C=O) groups excluding carboxylic acids is 6. The number of thiophene rings is 4. The Morgan fingerprint density at radius 1 is 0.461 bits per heavy atom. The number of guanidine groups is 4. The van der Waals surface area contributed by atoms with E-state index in [-0.39, 0.29) is 70.9 Å². The normalized spacial score (nSPS) is 23.7. The number of halogens is 2. The Kier molecular flexibility index (Phi) is 21.0. The number of nitrogens with two attached hydrogens (primary N) is 4. The molecular weight excluding hydrogens is 1540 g/mol. The quantitative estimate of drug-likeness (QED) is 0.0929. The second kappa shape index (κ2) is 31.2. The van der Waals surface area contributed by atoms with Gasteiger partial charge in [-0.3, -0.25) is 63.3 Å². The molecule has 8 atom stereocenters. The molecule has 582 valence electrons. The molecule has 0 bridgehead atoms. The van der Waals surface area contributed by atoms with E-state index < -0.39 is 45.8 Å². The van der Waals surface area contributed by atoms with Crippen molar-refractivity contribution < 1.29 is 37.5 Å². The fourth-order valence-corrected chi connectivity index (χ4v) is 20.2. The summed E-state index contributed by atoms with van der Waals surface area (Å²) < 4.78 is 26.9. The first kappa shape index (κ1) is 77.4. The van der Waals surface area contributed by atoms with Crippen LogP contribution in [-0.4, -0.2) is 184 Å². The molecule has 0 saturated carbocycles. The van der Waals surface area contributed by atoms with Crippen molar-refractivity contribution in [1.29, 1.82) is 5.26 Å². The summed E-state index contributed by atoms with van der Waals surface area (Å²) in [5.74, 6) is 3.77. The van der Waals surface area contributed by atoms with Gasteiger partial charge in [0.2, 0.25) is 23.6 Å². The molecule has 32 heteroatoms. The number of fused-ring (bicyclic) bond motifs is 4. The number of aromatic nitrogens is 3. The third-order valence-corrected chi connectivity index (χ3v) is 26.6. The fraction of sp³-hybridized carbons (Fsp3) is 0.253. The van der Waals surface area contributed by atoms with Gasteiger partial charge in [0, 0.05) is 157 Å². The van der Waals surface area contributed by atoms with Gasteiger partial charge in [-0.15, -0.1) is 51.3 Å². The molecule has 8 aliphatic heterocycles. The molecule has 8 aliphatic rings. The largest absolute Gasteiger partial charge is 0.369 e. The smallest absolute Gasteiger partial charge is 0.255 e. The van der Waals surface area contributed by atoms with Gasteiger partial charge < -0.3 is 42.5 Å². The van der Waals surface area contributed by atoms with Crippen LogP contribution in [0.1, 0.15) is 58.3 Å². The van der Waals surface area contributed by atoms with Gasteiger partial charge in [0.1, 0.15) is 33.8 Å². The number of carbonyl (C=O) groups is 6. The molecule has 15 heterocycles. The minimum Gasteiger partial charge on any atom is -0.369 e. The topological polar surface area (TPSA) is 344 Å². The summed E-state index contributed by atoms with van der Waals surface area (Å²) in [5, 5.41) is 15.2. The van der Waals surface area contributed by atoms with Gasteiger partial charge in [0.25, 0.3) is 11.8 Å². The average Bonchev–Trinajstić information content (AvgIpc) is 1.60. The minimum atomic E-state index is -0.822. The standard InChI is InChI=1S/C25H22FN5OS.C24H20FN5OS.2C17H17N5O2S/c1-3-4-16-9-17(12-28-11-16)18-10-22(33-14-18)25-15-31(20-7-5-19(26)6-8-20)13-21(25)23(32)30(2)24(27)29-25;1-29-22(31)19-13-30(18-7-5-17(25)6-8-18)14-24(19,28-23(29)27)21-10-9-20(32-21)16-4-2-3-15(11-16)12-26;1-21-15(24)12-9-22(14(23)11-4-2-6-19-8-11)10-17(12,20-16(21)18)13-5-3-7-25-13;1-21-15(24)12-9-22(14(23)11-4-6-19-7-5-11)10-17(12,20-16(21)18)13-3-2-8-25-13/h5-12,14,21H,13,15H2,1-2H3,(H2,27,29);2-11,19H,13-14H2,1H3,(H2,27,28);2*2-8,12H,9-10H2,1H3,(H2,18,20)/t21?,25-;19-,24-;;/m00../s1. The van der Waals surface area contributed by atoms with Crippen LogP contribution in [0.2, 0.25) is 0 Å². The number of hydrogen-bond acceptors (Lipinski definition) is 24. The first-order valence-corrected chi connectivity index (χ1v) is 39.9. The Hall–Kier alpha value is -12.9. The number of aliphatic imine (C=N–C) groups is 4. The van der Waals surface area contributed by atoms with E-state index in [4.69, 9.17) is 32.9 Å². The first-order valence-electron chi connectivity index (χ1n) is 36.4. The maximum Gasteiger partial charge on any atom is 0.255 e. The van der Waals surface area contributed by atoms with Crippen molar-refractivity contribution in [2.75, 3.05) is 90.3 Å². The van der Waals surface area contributed by atoms with Crippen LogP contribution in [0.3, 0.4) is 0 Å². The predicted octanol–water partition coefficient (Wildman–Crippen LogP) is 8.78. The van der Waals surface area contributed by atoms with Crippen molar-refractivity contribution in [2.45, 2.75) is 29.1 Å². The molecule has 10 aromatic rings. The van der Waals surface area contributed by atoms with E-state index in [9.17, 15) is 42.8 Å². The molecule has 4 saturated heterocycles. The van der Waals surface area contributed by atoms with Gasteiger partial charge >= 0.3 is 0 Å². The van der Waals surface area contributed by atoms with Crippen LogP contribution in [0.25, 0.3) is 21.6 Å².